The molecular weight excluding hydrogens is 363 g/mol. The number of nitrogens with zero attached hydrogens (tertiary/aromatic N) is 2. The fourth-order valence-corrected chi connectivity index (χ4v) is 3.05. The van der Waals surface area contributed by atoms with Crippen LogP contribution < -0.4 is 10.6 Å². The molecule has 3 rings (SSSR count). The van der Waals surface area contributed by atoms with E-state index in [2.05, 4.69) is 16.7 Å². The Balaban J connectivity index is 1.85. The predicted octanol–water partition coefficient (Wildman–Crippen LogP) is 6.34. The van der Waals surface area contributed by atoms with Crippen molar-refractivity contribution in [2.24, 2.45) is 0 Å². The summed E-state index contributed by atoms with van der Waals surface area (Å²) in [6.45, 7) is 3.97. The maximum absolute atomic E-state index is 14.3. The summed E-state index contributed by atoms with van der Waals surface area (Å²) in [7, 11) is 0. The van der Waals surface area contributed by atoms with Crippen LogP contribution in [0.2, 0.25) is 0 Å². The van der Waals surface area contributed by atoms with E-state index in [-0.39, 0.29) is 5.82 Å². The van der Waals surface area contributed by atoms with Gasteiger partial charge in [-0.25, -0.2) is 4.39 Å². The average Bonchev–Trinajstić information content (AvgIpc) is 2.72. The molecule has 0 atom stereocenters. The van der Waals surface area contributed by atoms with E-state index in [1.807, 2.05) is 32.0 Å². The lowest BCUT2D eigenvalue weighted by atomic mass is 10.0. The Morgan fingerprint density at radius 2 is 1.52 bits per heavy atom. The van der Waals surface area contributed by atoms with E-state index in [9.17, 15) is 4.39 Å². The molecule has 0 radical (unpaired) electrons. The Bertz CT molecular complexity index is 1130. The largest absolute Gasteiger partial charge is 0.355 e. The van der Waals surface area contributed by atoms with Crippen LogP contribution in [0.5, 0.6) is 0 Å². The van der Waals surface area contributed by atoms with Crippen LogP contribution in [0, 0.1) is 42.3 Å². The average molecular weight is 382 g/mol. The van der Waals surface area contributed by atoms with Crippen LogP contribution in [0.3, 0.4) is 0 Å². The lowest BCUT2D eigenvalue weighted by Crippen LogP contribution is -1.99. The number of hydrogen-bond donors (Lipinski definition) is 2. The number of aryl methyl sites for hydroxylation is 2. The van der Waals surface area contributed by atoms with Crippen molar-refractivity contribution in [2.45, 2.75) is 13.8 Å². The number of rotatable bonds is 5. The van der Waals surface area contributed by atoms with E-state index in [0.29, 0.717) is 16.9 Å². The molecule has 142 valence electrons. The van der Waals surface area contributed by atoms with Gasteiger partial charge in [0.25, 0.3) is 0 Å². The highest BCUT2D eigenvalue weighted by Crippen LogP contribution is 2.30. The second kappa shape index (κ2) is 8.73. The number of nitriles is 2. The fraction of sp³-hybridized carbons (Fsp3) is 0.0833. The summed E-state index contributed by atoms with van der Waals surface area (Å²) < 4.78 is 14.3. The van der Waals surface area contributed by atoms with Gasteiger partial charge in [-0.15, -0.1) is 0 Å². The zero-order valence-corrected chi connectivity index (χ0v) is 16.1. The summed E-state index contributed by atoms with van der Waals surface area (Å²) in [5.41, 5.74) is 6.26. The minimum Gasteiger partial charge on any atom is -0.355 e. The Labute approximate surface area is 169 Å². The molecule has 0 fully saturated rings. The van der Waals surface area contributed by atoms with Crippen molar-refractivity contribution in [1.82, 2.24) is 0 Å². The molecule has 0 saturated carbocycles. The van der Waals surface area contributed by atoms with E-state index in [1.54, 1.807) is 42.5 Å². The first-order valence-corrected chi connectivity index (χ1v) is 9.01. The zero-order valence-electron chi connectivity index (χ0n) is 16.1. The number of halogens is 1. The van der Waals surface area contributed by atoms with E-state index < -0.39 is 0 Å². The molecular formula is C24H19FN4. The maximum Gasteiger partial charge on any atom is 0.146 e. The predicted molar refractivity (Wildman–Crippen MR) is 115 cm³/mol. The molecule has 5 heteroatoms. The van der Waals surface area contributed by atoms with Crippen molar-refractivity contribution < 1.29 is 4.39 Å². The zero-order chi connectivity index (χ0) is 20.8. The Kier molecular flexibility index (Phi) is 5.92. The molecule has 3 aromatic carbocycles. The number of hydrogen-bond acceptors (Lipinski definition) is 4. The standard InChI is InChI=1S/C24H19FN4/c1-16-12-19(4-3-11-26)13-17(2)24(16)29-21-9-10-22(25)23(14-21)28-20-7-5-18(15-27)6-8-20/h3-10,12-14,28-29H,1-2H3. The van der Waals surface area contributed by atoms with Crippen LogP contribution >= 0.6 is 0 Å². The van der Waals surface area contributed by atoms with Crippen molar-refractivity contribution in [3.05, 3.63) is 88.7 Å². The number of nitrogens with one attached hydrogen (secondary N) is 2. The van der Waals surface area contributed by atoms with Gasteiger partial charge in [0.15, 0.2) is 0 Å². The normalized spacial score (nSPS) is 10.4. The molecule has 0 spiro atoms. The molecule has 3 aromatic rings. The molecule has 0 aliphatic carbocycles. The SMILES string of the molecule is Cc1cc(C=CC#N)cc(C)c1Nc1ccc(F)c(Nc2ccc(C#N)cc2)c1. The first-order chi connectivity index (χ1) is 14.0. The number of anilines is 4. The van der Waals surface area contributed by atoms with Crippen LogP contribution in [0.4, 0.5) is 27.1 Å². The van der Waals surface area contributed by atoms with Gasteiger partial charge < -0.3 is 10.6 Å². The van der Waals surface area contributed by atoms with E-state index in [0.717, 1.165) is 28.1 Å². The quantitative estimate of drug-likeness (QED) is 0.505. The summed E-state index contributed by atoms with van der Waals surface area (Å²) >= 11 is 0. The highest BCUT2D eigenvalue weighted by Gasteiger charge is 2.08. The molecule has 4 nitrogen and oxygen atoms in total. The minimum atomic E-state index is -0.370. The molecule has 0 saturated heterocycles. The van der Waals surface area contributed by atoms with Gasteiger partial charge in [-0.3, -0.25) is 0 Å². The van der Waals surface area contributed by atoms with Crippen molar-refractivity contribution in [3.63, 3.8) is 0 Å². The molecule has 0 aromatic heterocycles. The summed E-state index contributed by atoms with van der Waals surface area (Å²) in [4.78, 5) is 0. The molecule has 0 aliphatic rings. The second-order valence-corrected chi connectivity index (χ2v) is 6.63. The van der Waals surface area contributed by atoms with Crippen LogP contribution in [-0.4, -0.2) is 0 Å². The van der Waals surface area contributed by atoms with E-state index in [4.69, 9.17) is 10.5 Å². The summed E-state index contributed by atoms with van der Waals surface area (Å²) in [6.07, 6.45) is 3.21. The van der Waals surface area contributed by atoms with Crippen LogP contribution in [0.1, 0.15) is 22.3 Å². The van der Waals surface area contributed by atoms with Crippen molar-refractivity contribution in [2.75, 3.05) is 10.6 Å². The van der Waals surface area contributed by atoms with E-state index >= 15 is 0 Å². The minimum absolute atomic E-state index is 0.337. The van der Waals surface area contributed by atoms with Gasteiger partial charge >= 0.3 is 0 Å². The lowest BCUT2D eigenvalue weighted by molar-refractivity contribution is 0.632. The van der Waals surface area contributed by atoms with Gasteiger partial charge in [0.2, 0.25) is 0 Å². The van der Waals surface area contributed by atoms with Crippen LogP contribution in [-0.2, 0) is 0 Å². The van der Waals surface area contributed by atoms with Gasteiger partial charge in [0.05, 0.1) is 23.4 Å². The highest BCUT2D eigenvalue weighted by atomic mass is 19.1. The first-order valence-electron chi connectivity index (χ1n) is 9.01. The molecule has 0 bridgehead atoms. The van der Waals surface area contributed by atoms with Crippen LogP contribution in [0.25, 0.3) is 6.08 Å². The smallest absolute Gasteiger partial charge is 0.146 e. The van der Waals surface area contributed by atoms with Crippen molar-refractivity contribution >= 4 is 28.8 Å². The lowest BCUT2D eigenvalue weighted by Gasteiger charge is -2.16. The van der Waals surface area contributed by atoms with Gasteiger partial charge in [0.1, 0.15) is 5.82 Å². The van der Waals surface area contributed by atoms with Crippen molar-refractivity contribution in [1.29, 1.82) is 10.5 Å². The molecule has 0 heterocycles. The monoisotopic (exact) mass is 382 g/mol. The highest BCUT2D eigenvalue weighted by molar-refractivity contribution is 5.73. The summed E-state index contributed by atoms with van der Waals surface area (Å²) in [6, 6.07) is 19.6. The molecule has 2 N–H and O–H groups in total. The van der Waals surface area contributed by atoms with Gasteiger partial charge in [-0.2, -0.15) is 10.5 Å². The molecule has 0 aliphatic heterocycles. The Morgan fingerprint density at radius 3 is 2.14 bits per heavy atom. The molecule has 0 unspecified atom stereocenters. The number of allylic oxidation sites excluding steroid dienone is 1. The summed E-state index contributed by atoms with van der Waals surface area (Å²) in [5, 5.41) is 24.0. The Hall–Kier alpha value is -4.09. The van der Waals surface area contributed by atoms with E-state index in [1.165, 1.54) is 12.1 Å². The third-order valence-corrected chi connectivity index (χ3v) is 4.43. The van der Waals surface area contributed by atoms with Gasteiger partial charge in [-0.05, 0) is 91.2 Å². The van der Waals surface area contributed by atoms with Gasteiger partial charge in [-0.1, -0.05) is 0 Å². The van der Waals surface area contributed by atoms with Crippen LogP contribution in [0.15, 0.2) is 60.7 Å². The summed E-state index contributed by atoms with van der Waals surface area (Å²) in [5.74, 6) is -0.370. The third kappa shape index (κ3) is 4.80. The number of benzene rings is 3. The molecule has 29 heavy (non-hydrogen) atoms. The topological polar surface area (TPSA) is 71.6 Å². The first kappa shape index (κ1) is 19.7. The molecule has 0 amide bonds. The second-order valence-electron chi connectivity index (χ2n) is 6.63. The fourth-order valence-electron chi connectivity index (χ4n) is 3.05. The van der Waals surface area contributed by atoms with Crippen molar-refractivity contribution in [3.8, 4) is 12.1 Å². The Morgan fingerprint density at radius 1 is 0.862 bits per heavy atom. The maximum atomic E-state index is 14.3. The van der Waals surface area contributed by atoms with Gasteiger partial charge in [0, 0.05) is 23.1 Å². The third-order valence-electron chi connectivity index (χ3n) is 4.43.